The molecule has 1 aromatic carbocycles. The van der Waals surface area contributed by atoms with Crippen LogP contribution < -0.4 is 0 Å². The maximum Gasteiger partial charge on any atom is 0.194 e. The molecule has 1 fully saturated rings. The second kappa shape index (κ2) is 7.22. The van der Waals surface area contributed by atoms with Crippen LogP contribution in [0.15, 0.2) is 24.3 Å². The molecule has 0 bridgehead atoms. The lowest BCUT2D eigenvalue weighted by Crippen LogP contribution is -2.41. The average Bonchev–Trinajstić information content (AvgIpc) is 2.73. The van der Waals surface area contributed by atoms with Crippen molar-refractivity contribution in [2.45, 2.75) is 70.8 Å². The van der Waals surface area contributed by atoms with Crippen molar-refractivity contribution in [3.8, 4) is 0 Å². The Morgan fingerprint density at radius 3 is 2.14 bits per heavy atom. The van der Waals surface area contributed by atoms with E-state index in [1.165, 1.54) is 18.4 Å². The van der Waals surface area contributed by atoms with Gasteiger partial charge in [0, 0.05) is 12.2 Å². The number of benzene rings is 1. The van der Waals surface area contributed by atoms with Gasteiger partial charge in [-0.2, -0.15) is 0 Å². The van der Waals surface area contributed by atoms with Crippen LogP contribution in [0.1, 0.15) is 81.1 Å². The van der Waals surface area contributed by atoms with E-state index in [9.17, 15) is 4.79 Å². The molecule has 0 spiro atoms. The highest BCUT2D eigenvalue weighted by Crippen LogP contribution is 2.34. The van der Waals surface area contributed by atoms with Gasteiger partial charge in [-0.05, 0) is 31.2 Å². The van der Waals surface area contributed by atoms with E-state index in [1.807, 2.05) is 19.1 Å². The maximum absolute atomic E-state index is 13.0. The number of carbonyl (C=O) groups is 1. The number of hydrogen-bond donors (Lipinski definition) is 0. The highest BCUT2D eigenvalue weighted by molar-refractivity contribution is 6.02. The molecule has 1 aliphatic carbocycles. The van der Waals surface area contributed by atoms with Crippen LogP contribution in [0.25, 0.3) is 0 Å². The molecule has 1 aromatic rings. The molecule has 0 unspecified atom stereocenters. The van der Waals surface area contributed by atoms with E-state index in [0.29, 0.717) is 12.5 Å². The molecular formula is C19H28O2. The molecule has 116 valence electrons. The summed E-state index contributed by atoms with van der Waals surface area (Å²) in [6.07, 6.45) is 6.35. The van der Waals surface area contributed by atoms with Crippen LogP contribution in [-0.2, 0) is 4.74 Å². The van der Waals surface area contributed by atoms with Crippen molar-refractivity contribution in [3.05, 3.63) is 35.4 Å². The van der Waals surface area contributed by atoms with Gasteiger partial charge in [-0.1, -0.05) is 63.8 Å². The first kappa shape index (κ1) is 16.2. The summed E-state index contributed by atoms with van der Waals surface area (Å²) in [6.45, 7) is 6.94. The third-order valence-corrected chi connectivity index (χ3v) is 4.59. The van der Waals surface area contributed by atoms with Crippen molar-refractivity contribution in [2.75, 3.05) is 6.61 Å². The number of Topliss-reactive ketones (excluding diaryl/α,β-unsaturated/α-hetero) is 1. The third-order valence-electron chi connectivity index (χ3n) is 4.59. The van der Waals surface area contributed by atoms with Gasteiger partial charge in [0.15, 0.2) is 5.78 Å². The lowest BCUT2D eigenvalue weighted by molar-refractivity contribution is -0.0292. The van der Waals surface area contributed by atoms with E-state index in [2.05, 4.69) is 26.0 Å². The molecule has 0 radical (unpaired) electrons. The van der Waals surface area contributed by atoms with Crippen LogP contribution in [0, 0.1) is 0 Å². The Balaban J connectivity index is 2.24. The van der Waals surface area contributed by atoms with Gasteiger partial charge in [0.05, 0.1) is 0 Å². The van der Waals surface area contributed by atoms with Crippen molar-refractivity contribution in [3.63, 3.8) is 0 Å². The predicted molar refractivity (Wildman–Crippen MR) is 86.9 cm³/mol. The van der Waals surface area contributed by atoms with Crippen molar-refractivity contribution in [2.24, 2.45) is 0 Å². The van der Waals surface area contributed by atoms with Crippen LogP contribution in [0.2, 0.25) is 0 Å². The Bertz CT molecular complexity index is 451. The van der Waals surface area contributed by atoms with Crippen LogP contribution in [0.3, 0.4) is 0 Å². The first-order valence-corrected chi connectivity index (χ1v) is 8.38. The number of ketones is 1. The van der Waals surface area contributed by atoms with E-state index in [4.69, 9.17) is 4.74 Å². The lowest BCUT2D eigenvalue weighted by atomic mass is 9.85. The molecule has 0 amide bonds. The number of carbonyl (C=O) groups excluding carboxylic acids is 1. The fourth-order valence-electron chi connectivity index (χ4n) is 3.30. The molecule has 1 saturated carbocycles. The zero-order valence-corrected chi connectivity index (χ0v) is 13.7. The quantitative estimate of drug-likeness (QED) is 0.555. The van der Waals surface area contributed by atoms with Crippen molar-refractivity contribution >= 4 is 5.78 Å². The molecule has 21 heavy (non-hydrogen) atoms. The molecule has 2 rings (SSSR count). The van der Waals surface area contributed by atoms with Gasteiger partial charge in [-0.3, -0.25) is 4.79 Å². The van der Waals surface area contributed by atoms with Gasteiger partial charge in [0.2, 0.25) is 0 Å². The van der Waals surface area contributed by atoms with Gasteiger partial charge in [-0.25, -0.2) is 0 Å². The minimum Gasteiger partial charge on any atom is -0.367 e. The Hall–Kier alpha value is -1.15. The van der Waals surface area contributed by atoms with Crippen LogP contribution >= 0.6 is 0 Å². The van der Waals surface area contributed by atoms with Gasteiger partial charge < -0.3 is 4.74 Å². The normalized spacial score (nSPS) is 18.5. The highest BCUT2D eigenvalue weighted by Gasteiger charge is 2.39. The fourth-order valence-corrected chi connectivity index (χ4v) is 3.30. The van der Waals surface area contributed by atoms with Gasteiger partial charge in [0.1, 0.15) is 5.60 Å². The van der Waals surface area contributed by atoms with Crippen LogP contribution in [-0.4, -0.2) is 18.0 Å². The topological polar surface area (TPSA) is 26.3 Å². The zero-order chi connectivity index (χ0) is 15.3. The third kappa shape index (κ3) is 3.74. The SMILES string of the molecule is CCOC1(C(=O)c2ccc(C(C)C)cc2)CCCCCC1. The Morgan fingerprint density at radius 1 is 1.10 bits per heavy atom. The molecule has 0 atom stereocenters. The molecule has 0 aromatic heterocycles. The second-order valence-electron chi connectivity index (χ2n) is 6.45. The smallest absolute Gasteiger partial charge is 0.194 e. The Morgan fingerprint density at radius 2 is 1.67 bits per heavy atom. The minimum absolute atomic E-state index is 0.182. The predicted octanol–water partition coefficient (Wildman–Crippen LogP) is 5.12. The molecule has 0 heterocycles. The summed E-state index contributed by atoms with van der Waals surface area (Å²) in [6, 6.07) is 8.11. The standard InChI is InChI=1S/C19H28O2/c1-4-21-19(13-7-5-6-8-14-19)18(20)17-11-9-16(10-12-17)15(2)3/h9-12,15H,4-8,13-14H2,1-3H3. The van der Waals surface area contributed by atoms with E-state index in [1.54, 1.807) is 0 Å². The molecule has 2 heteroatoms. The summed E-state index contributed by atoms with van der Waals surface area (Å²) in [5.41, 5.74) is 1.50. The first-order chi connectivity index (χ1) is 10.1. The number of hydrogen-bond acceptors (Lipinski definition) is 2. The second-order valence-corrected chi connectivity index (χ2v) is 6.45. The summed E-state index contributed by atoms with van der Waals surface area (Å²) >= 11 is 0. The van der Waals surface area contributed by atoms with Gasteiger partial charge in [-0.15, -0.1) is 0 Å². The molecular weight excluding hydrogens is 260 g/mol. The Kier molecular flexibility index (Phi) is 5.58. The van der Waals surface area contributed by atoms with Gasteiger partial charge >= 0.3 is 0 Å². The van der Waals surface area contributed by atoms with E-state index < -0.39 is 5.60 Å². The van der Waals surface area contributed by atoms with Crippen LogP contribution in [0.4, 0.5) is 0 Å². The largest absolute Gasteiger partial charge is 0.367 e. The molecule has 1 aliphatic rings. The van der Waals surface area contributed by atoms with Crippen molar-refractivity contribution in [1.82, 2.24) is 0 Å². The number of rotatable bonds is 5. The van der Waals surface area contributed by atoms with E-state index in [0.717, 1.165) is 31.2 Å². The first-order valence-electron chi connectivity index (χ1n) is 8.38. The Labute approximate surface area is 128 Å². The van der Waals surface area contributed by atoms with Gasteiger partial charge in [0.25, 0.3) is 0 Å². The lowest BCUT2D eigenvalue weighted by Gasteiger charge is -2.31. The van der Waals surface area contributed by atoms with Crippen molar-refractivity contribution in [1.29, 1.82) is 0 Å². The summed E-state index contributed by atoms with van der Waals surface area (Å²) in [5.74, 6) is 0.675. The fraction of sp³-hybridized carbons (Fsp3) is 0.632. The van der Waals surface area contributed by atoms with Crippen molar-refractivity contribution < 1.29 is 9.53 Å². The minimum atomic E-state index is -0.579. The zero-order valence-electron chi connectivity index (χ0n) is 13.7. The van der Waals surface area contributed by atoms with E-state index >= 15 is 0 Å². The molecule has 0 saturated heterocycles. The highest BCUT2D eigenvalue weighted by atomic mass is 16.5. The summed E-state index contributed by atoms with van der Waals surface area (Å²) in [4.78, 5) is 13.0. The maximum atomic E-state index is 13.0. The molecule has 0 aliphatic heterocycles. The molecule has 0 N–H and O–H groups in total. The monoisotopic (exact) mass is 288 g/mol. The summed E-state index contributed by atoms with van der Waals surface area (Å²) in [7, 11) is 0. The average molecular weight is 288 g/mol. The van der Waals surface area contributed by atoms with Crippen LogP contribution in [0.5, 0.6) is 0 Å². The molecule has 2 nitrogen and oxygen atoms in total. The summed E-state index contributed by atoms with van der Waals surface area (Å²) < 4.78 is 5.99. The number of ether oxygens (including phenoxy) is 1. The summed E-state index contributed by atoms with van der Waals surface area (Å²) in [5, 5.41) is 0. The van der Waals surface area contributed by atoms with E-state index in [-0.39, 0.29) is 5.78 Å².